The Bertz CT molecular complexity index is 1290. The van der Waals surface area contributed by atoms with E-state index in [9.17, 15) is 9.59 Å². The Hall–Kier alpha value is -3.72. The third kappa shape index (κ3) is 4.62. The summed E-state index contributed by atoms with van der Waals surface area (Å²) in [5.74, 6) is 0.898. The Morgan fingerprint density at radius 3 is 2.62 bits per heavy atom. The van der Waals surface area contributed by atoms with Crippen LogP contribution in [0.1, 0.15) is 37.9 Å². The van der Waals surface area contributed by atoms with Gasteiger partial charge in [0.15, 0.2) is 5.13 Å². The third-order valence-electron chi connectivity index (χ3n) is 4.95. The van der Waals surface area contributed by atoms with E-state index in [0.29, 0.717) is 33.8 Å². The van der Waals surface area contributed by atoms with Crippen LogP contribution >= 0.6 is 11.3 Å². The predicted octanol–water partition coefficient (Wildman–Crippen LogP) is 3.72. The number of carbonyl (C=O) groups is 1. The van der Waals surface area contributed by atoms with Crippen LogP contribution in [0.25, 0.3) is 5.13 Å². The van der Waals surface area contributed by atoms with E-state index >= 15 is 0 Å². The van der Waals surface area contributed by atoms with Gasteiger partial charge >= 0.3 is 0 Å². The Balaban J connectivity index is 1.47. The van der Waals surface area contributed by atoms with Gasteiger partial charge < -0.3 is 14.6 Å². The molecule has 0 unspecified atom stereocenters. The first-order valence-electron chi connectivity index (χ1n) is 9.99. The van der Waals surface area contributed by atoms with E-state index < -0.39 is 0 Å². The number of benzene rings is 1. The lowest BCUT2D eigenvalue weighted by Gasteiger charge is -2.07. The topological polar surface area (TPSA) is 99.2 Å². The number of nitrogens with zero attached hydrogens (tertiary/aromatic N) is 3. The Morgan fingerprint density at radius 2 is 1.94 bits per heavy atom. The minimum absolute atomic E-state index is 0.220. The molecule has 3 heterocycles. The first-order chi connectivity index (χ1) is 15.4. The maximum Gasteiger partial charge on any atom is 0.263 e. The van der Waals surface area contributed by atoms with Gasteiger partial charge in [-0.15, -0.1) is 0 Å². The van der Waals surface area contributed by atoms with Gasteiger partial charge in [-0.1, -0.05) is 46.8 Å². The molecule has 0 saturated carbocycles. The molecule has 3 aromatic heterocycles. The molecule has 0 spiro atoms. The SMILES string of the molecule is Cc1nc(-n2ccc(OCc3c(C)noc3C)cc2=O)sc1C(=O)NCc1ccccc1. The number of ether oxygens (including phenoxy) is 1. The van der Waals surface area contributed by atoms with Crippen molar-refractivity contribution in [2.75, 3.05) is 0 Å². The molecule has 32 heavy (non-hydrogen) atoms. The second-order valence-electron chi connectivity index (χ2n) is 7.24. The quantitative estimate of drug-likeness (QED) is 0.461. The fourth-order valence-electron chi connectivity index (χ4n) is 3.13. The second-order valence-corrected chi connectivity index (χ2v) is 8.22. The molecule has 0 bridgehead atoms. The molecule has 9 heteroatoms. The van der Waals surface area contributed by atoms with Gasteiger partial charge in [-0.05, 0) is 32.4 Å². The molecule has 4 aromatic rings. The molecule has 0 aliphatic heterocycles. The molecule has 0 radical (unpaired) electrons. The standard InChI is InChI=1S/C23H22N4O4S/c1-14-19(16(3)31-26-14)13-30-18-9-10-27(20(28)11-18)23-25-15(2)21(32-23)22(29)24-12-17-7-5-4-6-8-17/h4-11H,12-13H2,1-3H3,(H,24,29). The molecule has 4 rings (SSSR count). The lowest BCUT2D eigenvalue weighted by Crippen LogP contribution is -2.22. The molecule has 1 N–H and O–H groups in total. The van der Waals surface area contributed by atoms with Crippen LogP contribution in [0.3, 0.4) is 0 Å². The Morgan fingerprint density at radius 1 is 1.16 bits per heavy atom. The van der Waals surface area contributed by atoms with Crippen LogP contribution in [0.5, 0.6) is 5.75 Å². The average molecular weight is 451 g/mol. The van der Waals surface area contributed by atoms with Gasteiger partial charge in [0, 0.05) is 18.8 Å². The summed E-state index contributed by atoms with van der Waals surface area (Å²) in [7, 11) is 0. The summed E-state index contributed by atoms with van der Waals surface area (Å²) in [4.78, 5) is 30.2. The summed E-state index contributed by atoms with van der Waals surface area (Å²) in [6.45, 7) is 6.08. The van der Waals surface area contributed by atoms with Gasteiger partial charge in [-0.2, -0.15) is 0 Å². The van der Waals surface area contributed by atoms with E-state index in [1.165, 1.54) is 22.0 Å². The maximum absolute atomic E-state index is 12.7. The van der Waals surface area contributed by atoms with Gasteiger partial charge in [0.05, 0.1) is 17.0 Å². The van der Waals surface area contributed by atoms with Crippen molar-refractivity contribution in [1.82, 2.24) is 20.0 Å². The van der Waals surface area contributed by atoms with Gasteiger partial charge in [0.2, 0.25) is 0 Å². The number of pyridine rings is 1. The molecule has 164 valence electrons. The summed E-state index contributed by atoms with van der Waals surface area (Å²) in [5, 5.41) is 7.22. The van der Waals surface area contributed by atoms with Crippen molar-refractivity contribution in [3.05, 3.63) is 92.2 Å². The van der Waals surface area contributed by atoms with Crippen molar-refractivity contribution in [2.45, 2.75) is 33.9 Å². The maximum atomic E-state index is 12.7. The highest BCUT2D eigenvalue weighted by molar-refractivity contribution is 7.16. The smallest absolute Gasteiger partial charge is 0.263 e. The normalized spacial score (nSPS) is 10.8. The molecule has 1 aromatic carbocycles. The summed E-state index contributed by atoms with van der Waals surface area (Å²) < 4.78 is 12.3. The van der Waals surface area contributed by atoms with Crippen molar-refractivity contribution in [1.29, 1.82) is 0 Å². The highest BCUT2D eigenvalue weighted by Crippen LogP contribution is 2.22. The molecule has 0 fully saturated rings. The number of amides is 1. The van der Waals surface area contributed by atoms with Crippen LogP contribution in [0.2, 0.25) is 0 Å². The minimum Gasteiger partial charge on any atom is -0.488 e. The number of carbonyl (C=O) groups excluding carboxylic acids is 1. The molecule has 8 nitrogen and oxygen atoms in total. The van der Waals surface area contributed by atoms with Gasteiger partial charge in [0.25, 0.3) is 11.5 Å². The van der Waals surface area contributed by atoms with Crippen molar-refractivity contribution >= 4 is 17.2 Å². The zero-order valence-corrected chi connectivity index (χ0v) is 18.7. The molecule has 0 aliphatic carbocycles. The fraction of sp³-hybridized carbons (Fsp3) is 0.217. The average Bonchev–Trinajstić information content (AvgIpc) is 3.33. The second kappa shape index (κ2) is 9.19. The summed E-state index contributed by atoms with van der Waals surface area (Å²) in [6, 6.07) is 12.7. The van der Waals surface area contributed by atoms with Crippen LogP contribution < -0.4 is 15.6 Å². The summed E-state index contributed by atoms with van der Waals surface area (Å²) in [5.41, 5.74) is 2.89. The molecule has 0 aliphatic rings. The summed E-state index contributed by atoms with van der Waals surface area (Å²) >= 11 is 1.17. The van der Waals surface area contributed by atoms with Gasteiger partial charge in [-0.3, -0.25) is 14.2 Å². The fourth-order valence-corrected chi connectivity index (χ4v) is 4.10. The lowest BCUT2D eigenvalue weighted by atomic mass is 10.2. The highest BCUT2D eigenvalue weighted by atomic mass is 32.1. The first kappa shape index (κ1) is 21.5. The van der Waals surface area contributed by atoms with Crippen molar-refractivity contribution in [2.24, 2.45) is 0 Å². The van der Waals surface area contributed by atoms with E-state index in [4.69, 9.17) is 9.26 Å². The van der Waals surface area contributed by atoms with Crippen molar-refractivity contribution in [3.63, 3.8) is 0 Å². The Kier molecular flexibility index (Phi) is 6.18. The van der Waals surface area contributed by atoms with Crippen LogP contribution in [0.15, 0.2) is 58.0 Å². The number of nitrogens with one attached hydrogen (secondary N) is 1. The van der Waals surface area contributed by atoms with E-state index in [2.05, 4.69) is 15.5 Å². The van der Waals surface area contributed by atoms with Crippen molar-refractivity contribution in [3.8, 4) is 10.9 Å². The number of hydrogen-bond acceptors (Lipinski definition) is 7. The minimum atomic E-state index is -0.300. The molecule has 0 atom stereocenters. The third-order valence-corrected chi connectivity index (χ3v) is 6.10. The number of aromatic nitrogens is 3. The number of hydrogen-bond donors (Lipinski definition) is 1. The molecular weight excluding hydrogens is 428 g/mol. The van der Waals surface area contributed by atoms with Crippen LogP contribution in [-0.2, 0) is 13.2 Å². The highest BCUT2D eigenvalue weighted by Gasteiger charge is 2.17. The zero-order chi connectivity index (χ0) is 22.7. The van der Waals surface area contributed by atoms with Crippen LogP contribution in [0.4, 0.5) is 0 Å². The van der Waals surface area contributed by atoms with Crippen LogP contribution in [0, 0.1) is 20.8 Å². The number of rotatable bonds is 7. The predicted molar refractivity (Wildman–Crippen MR) is 120 cm³/mol. The molecule has 1 amide bonds. The number of aryl methyl sites for hydroxylation is 3. The number of thiazole rings is 1. The zero-order valence-electron chi connectivity index (χ0n) is 17.9. The monoisotopic (exact) mass is 450 g/mol. The Labute approximate surface area is 188 Å². The molecular formula is C23H22N4O4S. The first-order valence-corrected chi connectivity index (χ1v) is 10.8. The van der Waals surface area contributed by atoms with Gasteiger partial charge in [-0.25, -0.2) is 4.98 Å². The van der Waals surface area contributed by atoms with E-state index in [0.717, 1.165) is 16.8 Å². The lowest BCUT2D eigenvalue weighted by molar-refractivity contribution is 0.0954. The van der Waals surface area contributed by atoms with Crippen molar-refractivity contribution < 1.29 is 14.1 Å². The molecule has 0 saturated heterocycles. The van der Waals surface area contributed by atoms with Gasteiger partial charge in [0.1, 0.15) is 23.0 Å². The summed E-state index contributed by atoms with van der Waals surface area (Å²) in [6.07, 6.45) is 1.59. The van der Waals surface area contributed by atoms with Crippen LogP contribution in [-0.4, -0.2) is 20.6 Å². The van der Waals surface area contributed by atoms with E-state index in [1.807, 2.05) is 44.2 Å². The van der Waals surface area contributed by atoms with E-state index in [-0.39, 0.29) is 18.1 Å². The van der Waals surface area contributed by atoms with E-state index in [1.54, 1.807) is 19.2 Å². The largest absolute Gasteiger partial charge is 0.488 e.